The summed E-state index contributed by atoms with van der Waals surface area (Å²) >= 11 is 3.55. The van der Waals surface area contributed by atoms with E-state index in [9.17, 15) is 4.79 Å². The van der Waals surface area contributed by atoms with E-state index in [1.165, 1.54) is 12.7 Å². The Bertz CT molecular complexity index is 1250. The minimum atomic E-state index is -0.341. The number of fused-ring (bicyclic) bond motifs is 1. The molecule has 39 heavy (non-hydrogen) atoms. The van der Waals surface area contributed by atoms with Gasteiger partial charge in [-0.2, -0.15) is 0 Å². The fourth-order valence-electron chi connectivity index (χ4n) is 4.30. The predicted molar refractivity (Wildman–Crippen MR) is 165 cm³/mol. The van der Waals surface area contributed by atoms with Gasteiger partial charge in [-0.05, 0) is 75.3 Å². The van der Waals surface area contributed by atoms with Crippen LogP contribution in [0.3, 0.4) is 0 Å². The largest absolute Gasteiger partial charge is 0.479 e. The second-order valence-electron chi connectivity index (χ2n) is 10.2. The number of rotatable bonds is 14. The number of hydrogen-bond donors (Lipinski definition) is 1. The third-order valence-corrected chi connectivity index (χ3v) is 7.03. The Morgan fingerprint density at radius 2 is 1.95 bits per heavy atom. The first-order valence-electron chi connectivity index (χ1n) is 13.6. The molecule has 1 aromatic carbocycles. The maximum atomic E-state index is 12.3. The number of benzene rings is 1. The topological polar surface area (TPSA) is 82.6 Å². The molecule has 214 valence electrons. The van der Waals surface area contributed by atoms with Crippen molar-refractivity contribution in [2.45, 2.75) is 66.8 Å². The summed E-state index contributed by atoms with van der Waals surface area (Å²) in [4.78, 5) is 18.8. The zero-order valence-electron chi connectivity index (χ0n) is 24.8. The number of anilines is 1. The number of nitrogens with two attached hydrogens (primary N) is 1. The molecular weight excluding hydrogens is 556 g/mol. The van der Waals surface area contributed by atoms with Crippen molar-refractivity contribution in [3.05, 3.63) is 69.1 Å². The zero-order valence-corrected chi connectivity index (χ0v) is 26.4. The summed E-state index contributed by atoms with van der Waals surface area (Å²) in [6.45, 7) is 11.8. The van der Waals surface area contributed by atoms with Crippen LogP contribution in [0.5, 0.6) is 0 Å². The normalized spacial score (nSPS) is 14.3. The lowest BCUT2D eigenvalue weighted by molar-refractivity contribution is -0.135. The molecule has 0 aliphatic heterocycles. The third-order valence-electron chi connectivity index (χ3n) is 6.54. The number of hydrogen-bond acceptors (Lipinski definition) is 6. The highest BCUT2D eigenvalue weighted by Gasteiger charge is 2.16. The molecule has 1 unspecified atom stereocenters. The Kier molecular flexibility index (Phi) is 12.8. The minimum absolute atomic E-state index is 0.341. The number of imidazole rings is 1. The third kappa shape index (κ3) is 9.31. The molecule has 1 atom stereocenters. The van der Waals surface area contributed by atoms with Gasteiger partial charge in [0.25, 0.3) is 0 Å². The van der Waals surface area contributed by atoms with Gasteiger partial charge in [0.15, 0.2) is 5.88 Å². The molecule has 2 N–H and O–H groups in total. The van der Waals surface area contributed by atoms with Crippen molar-refractivity contribution in [2.24, 2.45) is 5.92 Å². The summed E-state index contributed by atoms with van der Waals surface area (Å²) in [5, 5.41) is 0. The Morgan fingerprint density at radius 3 is 2.56 bits per heavy atom. The fraction of sp³-hybridized carbons (Fsp3) is 0.484. The van der Waals surface area contributed by atoms with E-state index in [4.69, 9.17) is 15.2 Å². The number of methoxy groups -OCH3 is 1. The number of allylic oxidation sites excluding steroid dienone is 5. The van der Waals surface area contributed by atoms with Crippen LogP contribution in [0, 0.1) is 5.92 Å². The van der Waals surface area contributed by atoms with Crippen LogP contribution in [-0.4, -0.2) is 48.2 Å². The number of nitrogens with zero attached hydrogens (tertiary/aromatic N) is 3. The van der Waals surface area contributed by atoms with Crippen molar-refractivity contribution in [1.29, 1.82) is 0 Å². The zero-order chi connectivity index (χ0) is 29.1. The second kappa shape index (κ2) is 15.6. The SMILES string of the molecule is CC\C=C(/C=C(C)/C(/C=C(\C)CC)=C(\OCCCC(C)Cn1c(N)nc2ccc(Br)cc21)N(C)C)C(=O)OC. The van der Waals surface area contributed by atoms with Crippen LogP contribution in [0.25, 0.3) is 11.0 Å². The van der Waals surface area contributed by atoms with Crippen LogP contribution in [0.1, 0.15) is 60.3 Å². The minimum Gasteiger partial charge on any atom is -0.479 e. The van der Waals surface area contributed by atoms with Crippen molar-refractivity contribution in [2.75, 3.05) is 33.5 Å². The fourth-order valence-corrected chi connectivity index (χ4v) is 4.65. The summed E-state index contributed by atoms with van der Waals surface area (Å²) in [5.74, 6) is 1.37. The Balaban J connectivity index is 2.21. The highest BCUT2D eigenvalue weighted by Crippen LogP contribution is 2.26. The molecule has 7 nitrogen and oxygen atoms in total. The van der Waals surface area contributed by atoms with Crippen LogP contribution in [0.15, 0.2) is 69.1 Å². The maximum absolute atomic E-state index is 12.3. The molecule has 2 rings (SSSR count). The predicted octanol–water partition coefficient (Wildman–Crippen LogP) is 7.40. The first-order valence-corrected chi connectivity index (χ1v) is 14.4. The van der Waals surface area contributed by atoms with Crippen LogP contribution >= 0.6 is 15.9 Å². The number of ether oxygens (including phenoxy) is 2. The molecule has 0 aliphatic carbocycles. The molecule has 1 aromatic heterocycles. The smallest absolute Gasteiger partial charge is 0.337 e. The Hall–Kier alpha value is -3.00. The van der Waals surface area contributed by atoms with Gasteiger partial charge in [-0.25, -0.2) is 9.78 Å². The number of nitrogen functional groups attached to an aromatic ring is 1. The van der Waals surface area contributed by atoms with E-state index in [0.717, 1.165) is 64.8 Å². The van der Waals surface area contributed by atoms with Crippen molar-refractivity contribution in [3.8, 4) is 0 Å². The lowest BCUT2D eigenvalue weighted by Gasteiger charge is -2.23. The lowest BCUT2D eigenvalue weighted by Crippen LogP contribution is -2.18. The molecule has 0 bridgehead atoms. The summed E-state index contributed by atoms with van der Waals surface area (Å²) in [7, 11) is 5.37. The van der Waals surface area contributed by atoms with Crippen molar-refractivity contribution in [3.63, 3.8) is 0 Å². The molecule has 1 heterocycles. The molecule has 0 radical (unpaired) electrons. The molecule has 8 heteroatoms. The van der Waals surface area contributed by atoms with Gasteiger partial charge in [0, 0.05) is 30.7 Å². The highest BCUT2D eigenvalue weighted by molar-refractivity contribution is 9.10. The number of carbonyl (C=O) groups excluding carboxylic acids is 1. The average Bonchev–Trinajstić information content (AvgIpc) is 3.20. The quantitative estimate of drug-likeness (QED) is 0.0799. The molecule has 0 saturated heterocycles. The van der Waals surface area contributed by atoms with Crippen molar-refractivity contribution in [1.82, 2.24) is 14.5 Å². The number of aromatic nitrogens is 2. The first kappa shape index (κ1) is 32.2. The molecule has 0 fully saturated rings. The summed E-state index contributed by atoms with van der Waals surface area (Å²) in [6.07, 6.45) is 9.46. The first-order chi connectivity index (χ1) is 18.5. The summed E-state index contributed by atoms with van der Waals surface area (Å²) < 4.78 is 14.5. The lowest BCUT2D eigenvalue weighted by atomic mass is 10.0. The standard InChI is InChI=1S/C31H45BrN4O3/c1-9-12-24(30(37)38-8)18-23(5)26(17-21(3)10-2)29(35(6)7)39-16-11-13-22(4)20-36-28-19-25(32)14-15-27(28)34-31(36)33/h12,14-15,17-19,22H,9-11,13,16,20H2,1-8H3,(H2,33,34)/b21-17+,23-18+,24-12+,29-26-. The molecular formula is C31H45BrN4O3. The van der Waals surface area contributed by atoms with E-state index in [1.54, 1.807) is 0 Å². The van der Waals surface area contributed by atoms with Gasteiger partial charge in [-0.1, -0.05) is 54.4 Å². The maximum Gasteiger partial charge on any atom is 0.337 e. The van der Waals surface area contributed by atoms with E-state index in [1.807, 2.05) is 57.1 Å². The monoisotopic (exact) mass is 600 g/mol. The summed E-state index contributed by atoms with van der Waals surface area (Å²) in [6, 6.07) is 6.02. The molecule has 0 amide bonds. The van der Waals surface area contributed by atoms with E-state index in [0.29, 0.717) is 24.0 Å². The Morgan fingerprint density at radius 1 is 1.23 bits per heavy atom. The number of esters is 1. The average molecular weight is 602 g/mol. The van der Waals surface area contributed by atoms with E-state index >= 15 is 0 Å². The van der Waals surface area contributed by atoms with Gasteiger partial charge in [-0.15, -0.1) is 0 Å². The Labute approximate surface area is 242 Å². The van der Waals surface area contributed by atoms with Gasteiger partial charge in [0.05, 0.1) is 30.3 Å². The van der Waals surface area contributed by atoms with Gasteiger partial charge in [0.1, 0.15) is 0 Å². The summed E-state index contributed by atoms with van der Waals surface area (Å²) in [5.41, 5.74) is 11.8. The molecule has 2 aromatic rings. The van der Waals surface area contributed by atoms with E-state index in [-0.39, 0.29) is 5.97 Å². The van der Waals surface area contributed by atoms with Crippen molar-refractivity contribution < 1.29 is 14.3 Å². The van der Waals surface area contributed by atoms with Crippen LogP contribution in [-0.2, 0) is 20.8 Å². The molecule has 0 saturated carbocycles. The van der Waals surface area contributed by atoms with E-state index < -0.39 is 0 Å². The van der Waals surface area contributed by atoms with Gasteiger partial charge >= 0.3 is 5.97 Å². The number of halogens is 1. The molecule has 0 aliphatic rings. The van der Waals surface area contributed by atoms with Crippen LogP contribution in [0.4, 0.5) is 5.95 Å². The second-order valence-corrected chi connectivity index (χ2v) is 11.1. The van der Waals surface area contributed by atoms with Crippen molar-refractivity contribution >= 4 is 38.9 Å². The molecule has 0 spiro atoms. The highest BCUT2D eigenvalue weighted by atomic mass is 79.9. The van der Waals surface area contributed by atoms with Gasteiger partial charge in [0.2, 0.25) is 5.95 Å². The van der Waals surface area contributed by atoms with E-state index in [2.05, 4.69) is 58.4 Å². The number of carbonyl (C=O) groups is 1. The van der Waals surface area contributed by atoms with Crippen LogP contribution < -0.4 is 5.73 Å². The van der Waals surface area contributed by atoms with Crippen LogP contribution in [0.2, 0.25) is 0 Å². The van der Waals surface area contributed by atoms with Gasteiger partial charge < -0.3 is 24.7 Å². The van der Waals surface area contributed by atoms with Gasteiger partial charge in [-0.3, -0.25) is 0 Å².